The molecule has 1 heterocycles. The number of nitrogens with zero attached hydrogens (tertiary/aromatic N) is 2. The maximum absolute atomic E-state index is 12.9. The van der Waals surface area contributed by atoms with Crippen LogP contribution in [0.1, 0.15) is 17.2 Å². The molecule has 1 aliphatic rings. The number of ether oxygens (including phenoxy) is 2. The third kappa shape index (κ3) is 4.16. The number of likely N-dealkylation sites (N-methyl/N-ethyl adjacent to an activating group) is 1. The second kappa shape index (κ2) is 9.00. The molecule has 1 fully saturated rings. The molecule has 0 saturated carbocycles. The van der Waals surface area contributed by atoms with E-state index in [9.17, 15) is 14.7 Å². The first-order valence-electron chi connectivity index (χ1n) is 9.59. The van der Waals surface area contributed by atoms with Crippen molar-refractivity contribution in [3.8, 4) is 11.5 Å². The molecule has 0 bridgehead atoms. The van der Waals surface area contributed by atoms with Crippen LogP contribution < -0.4 is 9.47 Å². The number of aliphatic hydroxyl groups excluding tert-OH is 1. The van der Waals surface area contributed by atoms with E-state index in [-0.39, 0.29) is 11.3 Å². The predicted molar refractivity (Wildman–Crippen MR) is 114 cm³/mol. The van der Waals surface area contributed by atoms with Crippen molar-refractivity contribution < 1.29 is 24.2 Å². The van der Waals surface area contributed by atoms with Gasteiger partial charge in [0.15, 0.2) is 0 Å². The Morgan fingerprint density at radius 2 is 1.50 bits per heavy atom. The van der Waals surface area contributed by atoms with Gasteiger partial charge in [0.1, 0.15) is 17.3 Å². The zero-order valence-corrected chi connectivity index (χ0v) is 17.6. The van der Waals surface area contributed by atoms with Gasteiger partial charge >= 0.3 is 0 Å². The highest BCUT2D eigenvalue weighted by molar-refractivity contribution is 6.46. The van der Waals surface area contributed by atoms with E-state index >= 15 is 0 Å². The molecule has 1 unspecified atom stereocenters. The topological polar surface area (TPSA) is 79.3 Å². The number of aliphatic hydroxyl groups is 1. The van der Waals surface area contributed by atoms with Crippen LogP contribution in [0.25, 0.3) is 5.76 Å². The largest absolute Gasteiger partial charge is 0.507 e. The molecule has 0 spiro atoms. The fourth-order valence-electron chi connectivity index (χ4n) is 3.46. The molecule has 3 rings (SSSR count). The zero-order valence-electron chi connectivity index (χ0n) is 17.6. The number of likely N-dealkylation sites (tertiary alicyclic amines) is 1. The Morgan fingerprint density at radius 1 is 0.967 bits per heavy atom. The number of methoxy groups -OCH3 is 2. The summed E-state index contributed by atoms with van der Waals surface area (Å²) in [7, 11) is 6.92. The van der Waals surface area contributed by atoms with Gasteiger partial charge in [-0.15, -0.1) is 0 Å². The first-order valence-corrected chi connectivity index (χ1v) is 9.59. The van der Waals surface area contributed by atoms with Crippen LogP contribution in [0.5, 0.6) is 11.5 Å². The standard InChI is InChI=1S/C23H26N2O5/c1-24(2)13-14-25-20(15-5-9-17(29-3)10-6-15)19(22(27)23(25)28)21(26)16-7-11-18(30-4)12-8-16/h5-12,20,26H,13-14H2,1-4H3. The van der Waals surface area contributed by atoms with Crippen molar-refractivity contribution in [2.45, 2.75) is 6.04 Å². The van der Waals surface area contributed by atoms with Crippen LogP contribution in [0.2, 0.25) is 0 Å². The average Bonchev–Trinajstić information content (AvgIpc) is 3.02. The quantitative estimate of drug-likeness (QED) is 0.430. The molecule has 1 aliphatic heterocycles. The molecule has 2 aromatic rings. The molecule has 30 heavy (non-hydrogen) atoms. The third-order valence-corrected chi connectivity index (χ3v) is 5.12. The molecule has 1 amide bonds. The van der Waals surface area contributed by atoms with E-state index < -0.39 is 17.7 Å². The minimum absolute atomic E-state index is 0.0779. The maximum atomic E-state index is 12.9. The molecule has 0 aliphatic carbocycles. The minimum atomic E-state index is -0.692. The highest BCUT2D eigenvalue weighted by atomic mass is 16.5. The van der Waals surface area contributed by atoms with Gasteiger partial charge < -0.3 is 24.4 Å². The molecule has 1 saturated heterocycles. The molecular formula is C23H26N2O5. The Hall–Kier alpha value is -3.32. The van der Waals surface area contributed by atoms with Crippen molar-refractivity contribution >= 4 is 17.4 Å². The van der Waals surface area contributed by atoms with Gasteiger partial charge in [0.2, 0.25) is 0 Å². The Morgan fingerprint density at radius 3 is 2.00 bits per heavy atom. The van der Waals surface area contributed by atoms with E-state index in [0.29, 0.717) is 30.2 Å². The number of carbonyl (C=O) groups excluding carboxylic acids is 2. The van der Waals surface area contributed by atoms with Crippen LogP contribution in [0, 0.1) is 0 Å². The zero-order chi connectivity index (χ0) is 21.8. The van der Waals surface area contributed by atoms with Crippen LogP contribution in [0.3, 0.4) is 0 Å². The number of Topliss-reactive ketones (excluding diaryl/α,β-unsaturated/α-hetero) is 1. The number of carbonyl (C=O) groups is 2. The van der Waals surface area contributed by atoms with Crippen LogP contribution in [0.4, 0.5) is 0 Å². The summed E-state index contributed by atoms with van der Waals surface area (Å²) >= 11 is 0. The molecule has 7 nitrogen and oxygen atoms in total. The van der Waals surface area contributed by atoms with E-state index in [0.717, 1.165) is 5.56 Å². The van der Waals surface area contributed by atoms with Gasteiger partial charge in [-0.2, -0.15) is 0 Å². The van der Waals surface area contributed by atoms with Gasteiger partial charge in [-0.05, 0) is 56.1 Å². The summed E-state index contributed by atoms with van der Waals surface area (Å²) in [5.74, 6) is -0.219. The minimum Gasteiger partial charge on any atom is -0.507 e. The summed E-state index contributed by atoms with van der Waals surface area (Å²) in [5.41, 5.74) is 1.25. The monoisotopic (exact) mass is 410 g/mol. The van der Waals surface area contributed by atoms with Crippen molar-refractivity contribution in [3.63, 3.8) is 0 Å². The van der Waals surface area contributed by atoms with Crippen molar-refractivity contribution in [2.75, 3.05) is 41.4 Å². The third-order valence-electron chi connectivity index (χ3n) is 5.12. The van der Waals surface area contributed by atoms with Gasteiger partial charge in [-0.1, -0.05) is 12.1 Å². The van der Waals surface area contributed by atoms with Gasteiger partial charge in [-0.25, -0.2) is 0 Å². The van der Waals surface area contributed by atoms with Gasteiger partial charge in [0.25, 0.3) is 11.7 Å². The van der Waals surface area contributed by atoms with Crippen molar-refractivity contribution in [3.05, 3.63) is 65.2 Å². The van der Waals surface area contributed by atoms with E-state index in [1.54, 1.807) is 62.8 Å². The summed E-state index contributed by atoms with van der Waals surface area (Å²) in [4.78, 5) is 29.2. The van der Waals surface area contributed by atoms with Gasteiger partial charge in [0.05, 0.1) is 25.8 Å². The lowest BCUT2D eigenvalue weighted by Crippen LogP contribution is -2.35. The highest BCUT2D eigenvalue weighted by Gasteiger charge is 2.45. The van der Waals surface area contributed by atoms with Gasteiger partial charge in [0, 0.05) is 18.7 Å². The van der Waals surface area contributed by atoms with E-state index in [2.05, 4.69) is 0 Å². The summed E-state index contributed by atoms with van der Waals surface area (Å²) in [6.07, 6.45) is 0. The van der Waals surface area contributed by atoms with E-state index in [1.807, 2.05) is 19.0 Å². The van der Waals surface area contributed by atoms with Crippen molar-refractivity contribution in [1.29, 1.82) is 0 Å². The number of hydrogen-bond donors (Lipinski definition) is 1. The number of hydrogen-bond acceptors (Lipinski definition) is 6. The Kier molecular flexibility index (Phi) is 6.42. The average molecular weight is 410 g/mol. The lowest BCUT2D eigenvalue weighted by Gasteiger charge is -2.26. The first kappa shape index (κ1) is 21.4. The predicted octanol–water partition coefficient (Wildman–Crippen LogP) is 2.69. The SMILES string of the molecule is COc1ccc(C(O)=C2C(=O)C(=O)N(CCN(C)C)C2c2ccc(OC)cc2)cc1. The van der Waals surface area contributed by atoms with E-state index in [1.165, 1.54) is 4.90 Å². The molecule has 0 radical (unpaired) electrons. The number of amides is 1. The number of ketones is 1. The Labute approximate surface area is 176 Å². The lowest BCUT2D eigenvalue weighted by molar-refractivity contribution is -0.140. The van der Waals surface area contributed by atoms with Crippen LogP contribution in [0.15, 0.2) is 54.1 Å². The second-order valence-corrected chi connectivity index (χ2v) is 7.30. The van der Waals surface area contributed by atoms with Gasteiger partial charge in [-0.3, -0.25) is 9.59 Å². The van der Waals surface area contributed by atoms with Crippen LogP contribution in [-0.2, 0) is 9.59 Å². The molecule has 0 aromatic heterocycles. The molecule has 1 N–H and O–H groups in total. The summed E-state index contributed by atoms with van der Waals surface area (Å²) in [6.45, 7) is 0.940. The number of rotatable bonds is 7. The lowest BCUT2D eigenvalue weighted by atomic mass is 9.95. The normalized spacial score (nSPS) is 18.2. The van der Waals surface area contributed by atoms with E-state index in [4.69, 9.17) is 9.47 Å². The van der Waals surface area contributed by atoms with Crippen molar-refractivity contribution in [2.24, 2.45) is 0 Å². The van der Waals surface area contributed by atoms with Crippen molar-refractivity contribution in [1.82, 2.24) is 9.80 Å². The summed E-state index contributed by atoms with van der Waals surface area (Å²) in [6, 6.07) is 13.2. The smallest absolute Gasteiger partial charge is 0.295 e. The fourth-order valence-corrected chi connectivity index (χ4v) is 3.46. The number of benzene rings is 2. The van der Waals surface area contributed by atoms with Crippen LogP contribution in [-0.4, -0.2) is 68.0 Å². The molecule has 7 heteroatoms. The second-order valence-electron chi connectivity index (χ2n) is 7.30. The summed E-state index contributed by atoms with van der Waals surface area (Å²) < 4.78 is 10.4. The molecule has 2 aromatic carbocycles. The Bertz CT molecular complexity index is 949. The first-order chi connectivity index (χ1) is 14.4. The fraction of sp³-hybridized carbons (Fsp3) is 0.304. The molecule has 158 valence electrons. The molecule has 1 atom stereocenters. The highest BCUT2D eigenvalue weighted by Crippen LogP contribution is 2.39. The molecular weight excluding hydrogens is 384 g/mol. The van der Waals surface area contributed by atoms with Crippen LogP contribution >= 0.6 is 0 Å². The summed E-state index contributed by atoms with van der Waals surface area (Å²) in [5, 5.41) is 11.0. The maximum Gasteiger partial charge on any atom is 0.295 e. The Balaban J connectivity index is 2.11.